The van der Waals surface area contributed by atoms with Gasteiger partial charge in [-0.25, -0.2) is 13.6 Å². The van der Waals surface area contributed by atoms with Crippen LogP contribution in [0, 0.1) is 25.5 Å². The number of carbonyl (C=O) groups is 1. The first-order valence-electron chi connectivity index (χ1n) is 10.2. The van der Waals surface area contributed by atoms with E-state index in [1.165, 1.54) is 0 Å². The van der Waals surface area contributed by atoms with Gasteiger partial charge in [0.05, 0.1) is 5.56 Å². The standard InChI is InChI=1S/C24H21F5O4S/c1-4-17(23(30)31)33-18-8-5-14(9-12(18)2)32-11-20-13(3)10-19(34-20)15-6-7-16(24(27,28)29)22(26)21(15)25/h5-10,17H,4,11H2,1-3H3,(H,30,31). The molecule has 0 bridgehead atoms. The van der Waals surface area contributed by atoms with Crippen LogP contribution in [0.25, 0.3) is 10.4 Å². The summed E-state index contributed by atoms with van der Waals surface area (Å²) >= 11 is 1.09. The SMILES string of the molecule is CCC(Oc1ccc(OCc2sc(-c3ccc(C(F)(F)F)c(F)c3F)cc2C)cc1C)C(=O)O. The van der Waals surface area contributed by atoms with Gasteiger partial charge in [0.25, 0.3) is 0 Å². The van der Waals surface area contributed by atoms with E-state index in [4.69, 9.17) is 14.6 Å². The van der Waals surface area contributed by atoms with Gasteiger partial charge in [-0.2, -0.15) is 13.2 Å². The molecule has 0 spiro atoms. The first-order valence-corrected chi connectivity index (χ1v) is 11.0. The van der Waals surface area contributed by atoms with Gasteiger partial charge in [0.1, 0.15) is 18.1 Å². The van der Waals surface area contributed by atoms with Crippen LogP contribution in [0.5, 0.6) is 11.5 Å². The maximum atomic E-state index is 14.4. The van der Waals surface area contributed by atoms with Gasteiger partial charge in [0.15, 0.2) is 17.7 Å². The number of carboxylic acid groups (broad SMARTS) is 1. The van der Waals surface area contributed by atoms with Crippen molar-refractivity contribution in [3.05, 3.63) is 69.6 Å². The predicted octanol–water partition coefficient (Wildman–Crippen LogP) is 7.15. The first kappa shape index (κ1) is 25.5. The van der Waals surface area contributed by atoms with Crippen molar-refractivity contribution in [2.45, 2.75) is 46.1 Å². The summed E-state index contributed by atoms with van der Waals surface area (Å²) in [5.41, 5.74) is -0.528. The second kappa shape index (κ2) is 10.0. The third kappa shape index (κ3) is 5.49. The van der Waals surface area contributed by atoms with Crippen molar-refractivity contribution in [1.82, 2.24) is 0 Å². The Morgan fingerprint density at radius 2 is 1.76 bits per heavy atom. The quantitative estimate of drug-likeness (QED) is 0.334. The van der Waals surface area contributed by atoms with Gasteiger partial charge >= 0.3 is 12.1 Å². The van der Waals surface area contributed by atoms with Crippen molar-refractivity contribution >= 4 is 17.3 Å². The first-order chi connectivity index (χ1) is 15.9. The van der Waals surface area contributed by atoms with Crippen molar-refractivity contribution in [3.8, 4) is 21.9 Å². The molecule has 0 saturated heterocycles. The van der Waals surface area contributed by atoms with E-state index in [1.54, 1.807) is 45.0 Å². The largest absolute Gasteiger partial charge is 0.488 e. The fourth-order valence-corrected chi connectivity index (χ4v) is 4.32. The fourth-order valence-electron chi connectivity index (χ4n) is 3.21. The van der Waals surface area contributed by atoms with Gasteiger partial charge in [0.2, 0.25) is 0 Å². The van der Waals surface area contributed by atoms with E-state index in [0.29, 0.717) is 40.0 Å². The Morgan fingerprint density at radius 3 is 2.35 bits per heavy atom. The zero-order valence-electron chi connectivity index (χ0n) is 18.4. The number of aryl methyl sites for hydroxylation is 2. The van der Waals surface area contributed by atoms with Crippen LogP contribution in [0.2, 0.25) is 0 Å². The number of thiophene rings is 1. The van der Waals surface area contributed by atoms with E-state index in [0.717, 1.165) is 17.4 Å². The summed E-state index contributed by atoms with van der Waals surface area (Å²) < 4.78 is 78.1. The third-order valence-electron chi connectivity index (χ3n) is 5.11. The zero-order chi connectivity index (χ0) is 25.2. The summed E-state index contributed by atoms with van der Waals surface area (Å²) in [6.07, 6.45) is -5.65. The molecule has 3 aromatic rings. The van der Waals surface area contributed by atoms with E-state index >= 15 is 0 Å². The number of rotatable bonds is 8. The number of hydrogen-bond acceptors (Lipinski definition) is 4. The number of benzene rings is 2. The molecule has 1 atom stereocenters. The van der Waals surface area contributed by atoms with Crippen LogP contribution < -0.4 is 9.47 Å². The van der Waals surface area contributed by atoms with E-state index < -0.39 is 35.4 Å². The Morgan fingerprint density at radius 1 is 1.06 bits per heavy atom. The molecule has 182 valence electrons. The summed E-state index contributed by atoms with van der Waals surface area (Å²) in [7, 11) is 0. The Kier molecular flexibility index (Phi) is 7.50. The van der Waals surface area contributed by atoms with E-state index in [1.807, 2.05) is 0 Å². The lowest BCUT2D eigenvalue weighted by Gasteiger charge is -2.16. The van der Waals surface area contributed by atoms with Crippen LogP contribution in [-0.2, 0) is 17.6 Å². The fraction of sp³-hybridized carbons (Fsp3) is 0.292. The smallest absolute Gasteiger partial charge is 0.419 e. The summed E-state index contributed by atoms with van der Waals surface area (Å²) in [5, 5.41) is 9.14. The minimum Gasteiger partial charge on any atom is -0.488 e. The molecule has 0 saturated carbocycles. The Hall–Kier alpha value is -3.14. The van der Waals surface area contributed by atoms with Crippen LogP contribution in [0.3, 0.4) is 0 Å². The molecular formula is C24H21F5O4S. The van der Waals surface area contributed by atoms with Crippen LogP contribution in [0.15, 0.2) is 36.4 Å². The van der Waals surface area contributed by atoms with Crippen LogP contribution in [0.4, 0.5) is 22.0 Å². The molecule has 10 heteroatoms. The highest BCUT2D eigenvalue weighted by molar-refractivity contribution is 7.15. The maximum Gasteiger partial charge on any atom is 0.419 e. The third-order valence-corrected chi connectivity index (χ3v) is 6.35. The minimum absolute atomic E-state index is 0.0909. The normalized spacial score (nSPS) is 12.5. The summed E-state index contributed by atoms with van der Waals surface area (Å²) in [6.45, 7) is 5.27. The van der Waals surface area contributed by atoms with Crippen molar-refractivity contribution in [1.29, 1.82) is 0 Å². The highest BCUT2D eigenvalue weighted by Gasteiger charge is 2.36. The van der Waals surface area contributed by atoms with Gasteiger partial charge in [-0.3, -0.25) is 0 Å². The van der Waals surface area contributed by atoms with Crippen molar-refractivity contribution in [3.63, 3.8) is 0 Å². The number of halogens is 5. The molecule has 1 unspecified atom stereocenters. The van der Waals surface area contributed by atoms with E-state index in [9.17, 15) is 26.7 Å². The monoisotopic (exact) mass is 500 g/mol. The molecule has 1 aromatic heterocycles. The topological polar surface area (TPSA) is 55.8 Å². The van der Waals surface area contributed by atoms with Gasteiger partial charge < -0.3 is 14.6 Å². The van der Waals surface area contributed by atoms with Gasteiger partial charge in [-0.05, 0) is 67.8 Å². The molecule has 3 rings (SSSR count). The minimum atomic E-state index is -4.99. The zero-order valence-corrected chi connectivity index (χ0v) is 19.2. The second-order valence-electron chi connectivity index (χ2n) is 7.57. The highest BCUT2D eigenvalue weighted by Crippen LogP contribution is 2.38. The van der Waals surface area contributed by atoms with E-state index in [-0.39, 0.29) is 17.0 Å². The lowest BCUT2D eigenvalue weighted by molar-refractivity contribution is -0.145. The predicted molar refractivity (Wildman–Crippen MR) is 117 cm³/mol. The molecule has 0 aliphatic heterocycles. The summed E-state index contributed by atoms with van der Waals surface area (Å²) in [4.78, 5) is 12.1. The molecule has 1 heterocycles. The van der Waals surface area contributed by atoms with Crippen LogP contribution >= 0.6 is 11.3 Å². The average Bonchev–Trinajstić information content (AvgIpc) is 3.12. The lowest BCUT2D eigenvalue weighted by Crippen LogP contribution is -2.26. The molecule has 0 aliphatic carbocycles. The number of aliphatic carboxylic acids is 1. The maximum absolute atomic E-state index is 14.4. The van der Waals surface area contributed by atoms with E-state index in [2.05, 4.69) is 0 Å². The molecule has 0 radical (unpaired) electrons. The number of alkyl halides is 3. The summed E-state index contributed by atoms with van der Waals surface area (Å²) in [5.74, 6) is -3.65. The van der Waals surface area contributed by atoms with Gasteiger partial charge in [-0.1, -0.05) is 6.92 Å². The number of ether oxygens (including phenoxy) is 2. The lowest BCUT2D eigenvalue weighted by atomic mass is 10.1. The second-order valence-corrected chi connectivity index (χ2v) is 8.71. The Bertz CT molecular complexity index is 1200. The van der Waals surface area contributed by atoms with Crippen LogP contribution in [-0.4, -0.2) is 17.2 Å². The molecule has 4 nitrogen and oxygen atoms in total. The molecule has 2 aromatic carbocycles. The molecular weight excluding hydrogens is 479 g/mol. The highest BCUT2D eigenvalue weighted by atomic mass is 32.1. The Labute approximate surface area is 196 Å². The number of hydrogen-bond donors (Lipinski definition) is 1. The van der Waals surface area contributed by atoms with Crippen molar-refractivity contribution < 1.29 is 41.3 Å². The van der Waals surface area contributed by atoms with Crippen molar-refractivity contribution in [2.24, 2.45) is 0 Å². The van der Waals surface area contributed by atoms with Crippen LogP contribution in [0.1, 0.15) is 34.9 Å². The number of carboxylic acids is 1. The Balaban J connectivity index is 1.76. The molecule has 34 heavy (non-hydrogen) atoms. The molecule has 0 fully saturated rings. The molecule has 0 aliphatic rings. The average molecular weight is 500 g/mol. The van der Waals surface area contributed by atoms with Gasteiger partial charge in [-0.15, -0.1) is 11.3 Å². The molecule has 1 N–H and O–H groups in total. The molecule has 0 amide bonds. The van der Waals surface area contributed by atoms with Crippen molar-refractivity contribution in [2.75, 3.05) is 0 Å². The summed E-state index contributed by atoms with van der Waals surface area (Å²) in [6, 6.07) is 7.90. The van der Waals surface area contributed by atoms with Gasteiger partial charge in [0, 0.05) is 15.3 Å².